The second-order valence-corrected chi connectivity index (χ2v) is 8.21. The number of rotatable bonds is 7. The molecule has 0 saturated heterocycles. The molecule has 0 aliphatic heterocycles. The van der Waals surface area contributed by atoms with E-state index >= 15 is 0 Å². The highest BCUT2D eigenvalue weighted by Gasteiger charge is 2.16. The summed E-state index contributed by atoms with van der Waals surface area (Å²) in [4.78, 5) is 12.2. The van der Waals surface area contributed by atoms with Crippen LogP contribution in [0.2, 0.25) is 5.02 Å². The largest absolute Gasteiger partial charge is 0.459 e. The second kappa shape index (κ2) is 8.86. The number of aryl methyl sites for hydroxylation is 2. The average Bonchev–Trinajstić information content (AvgIpc) is 3.44. The van der Waals surface area contributed by atoms with E-state index in [-0.39, 0.29) is 18.2 Å². The van der Waals surface area contributed by atoms with Crippen molar-refractivity contribution in [2.45, 2.75) is 25.5 Å². The monoisotopic (exact) mass is 457 g/mol. The van der Waals surface area contributed by atoms with Crippen molar-refractivity contribution in [2.75, 3.05) is 11.6 Å². The van der Waals surface area contributed by atoms with Crippen molar-refractivity contribution in [1.29, 1.82) is 0 Å². The molecule has 1 amide bonds. The molecule has 1 aromatic carbocycles. The highest BCUT2D eigenvalue weighted by atomic mass is 35.5. The van der Waals surface area contributed by atoms with E-state index in [2.05, 4.69) is 20.6 Å². The van der Waals surface area contributed by atoms with Gasteiger partial charge in [-0.15, -0.1) is 10.2 Å². The van der Waals surface area contributed by atoms with E-state index in [0.29, 0.717) is 27.6 Å². The van der Waals surface area contributed by atoms with Crippen molar-refractivity contribution in [2.24, 2.45) is 0 Å². The van der Waals surface area contributed by atoms with Crippen molar-refractivity contribution < 1.29 is 9.21 Å². The molecule has 11 heteroatoms. The molecule has 31 heavy (non-hydrogen) atoms. The van der Waals surface area contributed by atoms with Crippen LogP contribution in [-0.2, 0) is 11.3 Å². The molecule has 0 atom stereocenters. The Morgan fingerprint density at radius 3 is 2.68 bits per heavy atom. The number of furan rings is 1. The third kappa shape index (κ3) is 4.75. The smallest absolute Gasteiger partial charge is 0.271 e. The van der Waals surface area contributed by atoms with E-state index < -0.39 is 0 Å². The minimum atomic E-state index is -0.176. The van der Waals surface area contributed by atoms with Crippen LogP contribution < -0.4 is 11.2 Å². The normalized spacial score (nSPS) is 11.1. The maximum Gasteiger partial charge on any atom is 0.271 e. The molecule has 4 aromatic rings. The summed E-state index contributed by atoms with van der Waals surface area (Å²) in [6, 6.07) is 13.0. The fourth-order valence-corrected chi connectivity index (χ4v) is 3.76. The van der Waals surface area contributed by atoms with Gasteiger partial charge in [0, 0.05) is 16.3 Å². The van der Waals surface area contributed by atoms with Crippen LogP contribution in [0.1, 0.15) is 17.1 Å². The third-order valence-electron chi connectivity index (χ3n) is 4.43. The van der Waals surface area contributed by atoms with Gasteiger partial charge in [-0.3, -0.25) is 4.79 Å². The molecule has 3 N–H and O–H groups in total. The number of thioether (sulfide) groups is 1. The molecule has 0 bridgehead atoms. The summed E-state index contributed by atoms with van der Waals surface area (Å²) in [6.07, 6.45) is 0. The molecule has 3 heterocycles. The molecule has 0 unspecified atom stereocenters. The van der Waals surface area contributed by atoms with Gasteiger partial charge in [-0.05, 0) is 56.3 Å². The van der Waals surface area contributed by atoms with Crippen LogP contribution in [-0.4, -0.2) is 36.3 Å². The first kappa shape index (κ1) is 21.0. The Morgan fingerprint density at radius 1 is 1.19 bits per heavy atom. The Bertz CT molecular complexity index is 1210. The molecule has 9 nitrogen and oxygen atoms in total. The van der Waals surface area contributed by atoms with Crippen LogP contribution in [0.25, 0.3) is 17.3 Å². The van der Waals surface area contributed by atoms with Crippen LogP contribution in [0.15, 0.2) is 52.0 Å². The van der Waals surface area contributed by atoms with Crippen molar-refractivity contribution in [3.05, 3.63) is 64.6 Å². The second-order valence-electron chi connectivity index (χ2n) is 6.83. The first-order chi connectivity index (χ1) is 14.9. The third-order valence-corrected chi connectivity index (χ3v) is 5.62. The minimum Gasteiger partial charge on any atom is -0.459 e. The van der Waals surface area contributed by atoms with Crippen LogP contribution in [0, 0.1) is 13.8 Å². The summed E-state index contributed by atoms with van der Waals surface area (Å²) in [6.45, 7) is 4.07. The summed E-state index contributed by atoms with van der Waals surface area (Å²) in [7, 11) is 0. The number of aromatic nitrogens is 5. The molecule has 0 aliphatic rings. The summed E-state index contributed by atoms with van der Waals surface area (Å²) in [5.74, 6) is 7.80. The Hall–Kier alpha value is -3.24. The van der Waals surface area contributed by atoms with Crippen LogP contribution in [0.5, 0.6) is 0 Å². The predicted octanol–water partition coefficient (Wildman–Crippen LogP) is 3.12. The maximum absolute atomic E-state index is 12.2. The number of carbonyl (C=O) groups excluding carboxylic acids is 1. The lowest BCUT2D eigenvalue weighted by molar-refractivity contribution is -0.118. The zero-order chi connectivity index (χ0) is 22.0. The fraction of sp³-hybridized carbons (Fsp3) is 0.200. The first-order valence-electron chi connectivity index (χ1n) is 9.39. The van der Waals surface area contributed by atoms with Crippen molar-refractivity contribution >= 4 is 29.3 Å². The number of halogens is 1. The van der Waals surface area contributed by atoms with Crippen molar-refractivity contribution in [3.63, 3.8) is 0 Å². The SMILES string of the molecule is Cc1cc(C)n(-c2nnc(SCC(=O)NCc3ccc(-c4ccc(Cl)cc4)o3)n2N)n1. The van der Waals surface area contributed by atoms with Crippen molar-refractivity contribution in [1.82, 2.24) is 30.0 Å². The van der Waals surface area contributed by atoms with Gasteiger partial charge in [-0.1, -0.05) is 23.4 Å². The van der Waals surface area contributed by atoms with E-state index in [1.807, 2.05) is 44.2 Å². The molecule has 0 saturated carbocycles. The molecule has 0 aliphatic carbocycles. The standard InChI is InChI=1S/C20H20ClN7O2S/c1-12-9-13(2)28(26-12)19-24-25-20(27(19)22)31-11-18(29)23-10-16-7-8-17(30-16)14-3-5-15(21)6-4-14/h3-9H,10-11,22H2,1-2H3,(H,23,29). The Balaban J connectivity index is 1.31. The number of nitrogens with one attached hydrogen (secondary N) is 1. The lowest BCUT2D eigenvalue weighted by Crippen LogP contribution is -2.25. The van der Waals surface area contributed by atoms with Gasteiger partial charge < -0.3 is 15.6 Å². The highest BCUT2D eigenvalue weighted by molar-refractivity contribution is 7.99. The van der Waals surface area contributed by atoms with Gasteiger partial charge in [0.1, 0.15) is 11.5 Å². The van der Waals surface area contributed by atoms with E-state index in [0.717, 1.165) is 17.0 Å². The quantitative estimate of drug-likeness (QED) is 0.323. The van der Waals surface area contributed by atoms with E-state index in [1.165, 1.54) is 16.4 Å². The number of nitrogen functional groups attached to an aromatic ring is 1. The van der Waals surface area contributed by atoms with Gasteiger partial charge >= 0.3 is 0 Å². The number of amides is 1. The maximum atomic E-state index is 12.2. The number of hydrogen-bond donors (Lipinski definition) is 2. The molecule has 0 radical (unpaired) electrons. The number of nitrogens with two attached hydrogens (primary N) is 1. The van der Waals surface area contributed by atoms with Gasteiger partial charge in [0.25, 0.3) is 5.95 Å². The topological polar surface area (TPSA) is 117 Å². The van der Waals surface area contributed by atoms with Crippen LogP contribution >= 0.6 is 23.4 Å². The summed E-state index contributed by atoms with van der Waals surface area (Å²) < 4.78 is 8.72. The van der Waals surface area contributed by atoms with E-state index in [4.69, 9.17) is 21.9 Å². The predicted molar refractivity (Wildman–Crippen MR) is 118 cm³/mol. The molecule has 160 valence electrons. The summed E-state index contributed by atoms with van der Waals surface area (Å²) in [5, 5.41) is 16.4. The first-order valence-corrected chi connectivity index (χ1v) is 10.8. The molecule has 3 aromatic heterocycles. The number of benzene rings is 1. The zero-order valence-electron chi connectivity index (χ0n) is 16.9. The van der Waals surface area contributed by atoms with Gasteiger partial charge in [-0.2, -0.15) is 5.10 Å². The molecular weight excluding hydrogens is 438 g/mol. The molecule has 4 rings (SSSR count). The number of carbonyl (C=O) groups is 1. The summed E-state index contributed by atoms with van der Waals surface area (Å²) >= 11 is 7.10. The molecular formula is C20H20ClN7O2S. The van der Waals surface area contributed by atoms with Gasteiger partial charge in [0.05, 0.1) is 18.0 Å². The lowest BCUT2D eigenvalue weighted by atomic mass is 10.2. The van der Waals surface area contributed by atoms with Crippen LogP contribution in [0.4, 0.5) is 0 Å². The highest BCUT2D eigenvalue weighted by Crippen LogP contribution is 2.24. The van der Waals surface area contributed by atoms with Crippen molar-refractivity contribution in [3.8, 4) is 17.3 Å². The van der Waals surface area contributed by atoms with E-state index in [1.54, 1.807) is 16.8 Å². The van der Waals surface area contributed by atoms with E-state index in [9.17, 15) is 4.79 Å². The van der Waals surface area contributed by atoms with Gasteiger partial charge in [0.2, 0.25) is 11.1 Å². The Kier molecular flexibility index (Phi) is 6.01. The molecule has 0 spiro atoms. The number of nitrogens with zero attached hydrogens (tertiary/aromatic N) is 5. The minimum absolute atomic E-state index is 0.136. The Morgan fingerprint density at radius 2 is 1.97 bits per heavy atom. The molecule has 0 fully saturated rings. The van der Waals surface area contributed by atoms with Crippen LogP contribution in [0.3, 0.4) is 0 Å². The summed E-state index contributed by atoms with van der Waals surface area (Å²) in [5.41, 5.74) is 2.66. The Labute approximate surface area is 187 Å². The zero-order valence-corrected chi connectivity index (χ0v) is 18.4. The average molecular weight is 458 g/mol. The fourth-order valence-electron chi connectivity index (χ4n) is 2.95. The van der Waals surface area contributed by atoms with Gasteiger partial charge in [-0.25, -0.2) is 9.36 Å². The number of hydrogen-bond acceptors (Lipinski definition) is 7. The lowest BCUT2D eigenvalue weighted by Gasteiger charge is -2.05. The van der Waals surface area contributed by atoms with Gasteiger partial charge in [0.15, 0.2) is 0 Å².